The lowest BCUT2D eigenvalue weighted by atomic mass is 9.99. The molecule has 2 aliphatic heterocycles. The van der Waals surface area contributed by atoms with Crippen LogP contribution in [0.25, 0.3) is 0 Å². The average Bonchev–Trinajstić information content (AvgIpc) is 2.91. The Morgan fingerprint density at radius 3 is 3.05 bits per heavy atom. The Morgan fingerprint density at radius 2 is 2.33 bits per heavy atom. The molecule has 21 heavy (non-hydrogen) atoms. The summed E-state index contributed by atoms with van der Waals surface area (Å²) in [4.78, 5) is 14.3. The van der Waals surface area contributed by atoms with Crippen LogP contribution < -0.4 is 10.1 Å². The number of amides is 2. The molecule has 2 amide bonds. The molecule has 5 nitrogen and oxygen atoms in total. The number of fused-ring (bicyclic) bond motifs is 1. The van der Waals surface area contributed by atoms with Crippen molar-refractivity contribution in [1.29, 1.82) is 0 Å². The lowest BCUT2D eigenvalue weighted by Gasteiger charge is -2.31. The maximum Gasteiger partial charge on any atom is 0.318 e. The first-order valence-electron chi connectivity index (χ1n) is 7.51. The number of rotatable bonds is 2. The van der Waals surface area contributed by atoms with Crippen LogP contribution in [0, 0.1) is 0 Å². The van der Waals surface area contributed by atoms with E-state index in [1.807, 2.05) is 24.0 Å². The van der Waals surface area contributed by atoms with Gasteiger partial charge in [-0.15, -0.1) is 0 Å². The number of ether oxygens (including phenoxy) is 2. The van der Waals surface area contributed by atoms with E-state index in [-0.39, 0.29) is 18.2 Å². The number of benzene rings is 1. The van der Waals surface area contributed by atoms with Crippen LogP contribution in [0.15, 0.2) is 18.2 Å². The van der Waals surface area contributed by atoms with Crippen LogP contribution in [-0.2, 0) is 17.7 Å². The fraction of sp³-hybridized carbons (Fsp3) is 0.562. The molecule has 0 radical (unpaired) electrons. The zero-order valence-electron chi connectivity index (χ0n) is 12.6. The van der Waals surface area contributed by atoms with Crippen LogP contribution in [-0.4, -0.2) is 43.3 Å². The zero-order chi connectivity index (χ0) is 14.8. The van der Waals surface area contributed by atoms with Crippen LogP contribution in [0.5, 0.6) is 5.75 Å². The summed E-state index contributed by atoms with van der Waals surface area (Å²) in [5, 5.41) is 3.09. The predicted molar refractivity (Wildman–Crippen MR) is 79.5 cm³/mol. The second-order valence-electron chi connectivity index (χ2n) is 5.69. The Labute approximate surface area is 125 Å². The second kappa shape index (κ2) is 5.93. The third-order valence-electron chi connectivity index (χ3n) is 4.42. The van der Waals surface area contributed by atoms with Gasteiger partial charge in [-0.05, 0) is 31.4 Å². The van der Waals surface area contributed by atoms with Gasteiger partial charge in [-0.25, -0.2) is 4.79 Å². The van der Waals surface area contributed by atoms with Crippen LogP contribution in [0.1, 0.15) is 24.5 Å². The van der Waals surface area contributed by atoms with E-state index >= 15 is 0 Å². The van der Waals surface area contributed by atoms with Gasteiger partial charge in [0, 0.05) is 25.3 Å². The van der Waals surface area contributed by atoms with Crippen molar-refractivity contribution in [1.82, 2.24) is 10.2 Å². The predicted octanol–water partition coefficient (Wildman–Crippen LogP) is 1.94. The van der Waals surface area contributed by atoms with Gasteiger partial charge in [0.25, 0.3) is 0 Å². The molecule has 1 N–H and O–H groups in total. The molecule has 1 aromatic rings. The summed E-state index contributed by atoms with van der Waals surface area (Å²) in [5.74, 6) is 0.922. The van der Waals surface area contributed by atoms with Gasteiger partial charge in [0.1, 0.15) is 5.75 Å². The number of carbonyl (C=O) groups excluding carboxylic acids is 1. The van der Waals surface area contributed by atoms with E-state index in [1.54, 1.807) is 7.11 Å². The standard InChI is InChI=1S/C16H22N2O3/c1-11-14(7-9-21-11)17-16(19)18-8-6-13-12(10-18)4-3-5-15(13)20-2/h3-5,11,14H,6-10H2,1-2H3,(H,17,19)/t11-,14-/m1/s1. The SMILES string of the molecule is COc1cccc2c1CCN(C(=O)N[C@@H]1CCO[C@@H]1C)C2. The molecule has 1 fully saturated rings. The monoisotopic (exact) mass is 290 g/mol. The lowest BCUT2D eigenvalue weighted by molar-refractivity contribution is 0.111. The molecule has 0 saturated carbocycles. The molecule has 5 heteroatoms. The fourth-order valence-electron chi connectivity index (χ4n) is 3.11. The third-order valence-corrected chi connectivity index (χ3v) is 4.42. The van der Waals surface area contributed by atoms with Crippen molar-refractivity contribution in [2.45, 2.75) is 38.5 Å². The minimum Gasteiger partial charge on any atom is -0.496 e. The molecule has 0 bridgehead atoms. The number of nitrogens with one attached hydrogen (secondary N) is 1. The van der Waals surface area contributed by atoms with Crippen molar-refractivity contribution >= 4 is 6.03 Å². The lowest BCUT2D eigenvalue weighted by Crippen LogP contribution is -2.48. The van der Waals surface area contributed by atoms with Gasteiger partial charge < -0.3 is 19.7 Å². The van der Waals surface area contributed by atoms with Gasteiger partial charge in [-0.3, -0.25) is 0 Å². The van der Waals surface area contributed by atoms with Gasteiger partial charge in [-0.1, -0.05) is 12.1 Å². The quantitative estimate of drug-likeness (QED) is 0.905. The molecule has 0 spiro atoms. The van der Waals surface area contributed by atoms with Gasteiger partial charge in [-0.2, -0.15) is 0 Å². The molecular weight excluding hydrogens is 268 g/mol. The summed E-state index contributed by atoms with van der Waals surface area (Å²) in [5.41, 5.74) is 2.40. The third kappa shape index (κ3) is 2.83. The van der Waals surface area contributed by atoms with E-state index < -0.39 is 0 Å². The highest BCUT2D eigenvalue weighted by molar-refractivity contribution is 5.75. The van der Waals surface area contributed by atoms with Crippen LogP contribution in [0.3, 0.4) is 0 Å². The summed E-state index contributed by atoms with van der Waals surface area (Å²) in [7, 11) is 1.69. The summed E-state index contributed by atoms with van der Waals surface area (Å²) in [6, 6.07) is 6.16. The largest absolute Gasteiger partial charge is 0.496 e. The maximum atomic E-state index is 12.4. The van der Waals surface area contributed by atoms with Crippen molar-refractivity contribution in [2.24, 2.45) is 0 Å². The van der Waals surface area contributed by atoms with Gasteiger partial charge >= 0.3 is 6.03 Å². The summed E-state index contributed by atoms with van der Waals surface area (Å²) >= 11 is 0. The van der Waals surface area contributed by atoms with Crippen molar-refractivity contribution in [3.05, 3.63) is 29.3 Å². The highest BCUT2D eigenvalue weighted by Crippen LogP contribution is 2.27. The van der Waals surface area contributed by atoms with Gasteiger partial charge in [0.2, 0.25) is 0 Å². The molecule has 2 aliphatic rings. The first-order chi connectivity index (χ1) is 10.2. The molecule has 0 aromatic heterocycles. The number of carbonyl (C=O) groups is 1. The molecular formula is C16H22N2O3. The highest BCUT2D eigenvalue weighted by atomic mass is 16.5. The number of nitrogens with zero attached hydrogens (tertiary/aromatic N) is 1. The van der Waals surface area contributed by atoms with Crippen LogP contribution >= 0.6 is 0 Å². The van der Waals surface area contributed by atoms with E-state index in [1.165, 1.54) is 11.1 Å². The Hall–Kier alpha value is -1.75. The maximum absolute atomic E-state index is 12.4. The smallest absolute Gasteiger partial charge is 0.318 e. The highest BCUT2D eigenvalue weighted by Gasteiger charge is 2.29. The molecule has 0 unspecified atom stereocenters. The number of urea groups is 1. The average molecular weight is 290 g/mol. The van der Waals surface area contributed by atoms with E-state index in [0.717, 1.165) is 31.7 Å². The van der Waals surface area contributed by atoms with Crippen molar-refractivity contribution in [3.8, 4) is 5.75 Å². The molecule has 1 saturated heterocycles. The molecule has 114 valence electrons. The van der Waals surface area contributed by atoms with Crippen molar-refractivity contribution < 1.29 is 14.3 Å². The molecule has 3 rings (SSSR count). The van der Waals surface area contributed by atoms with Crippen LogP contribution in [0.2, 0.25) is 0 Å². The fourth-order valence-corrected chi connectivity index (χ4v) is 3.11. The Bertz CT molecular complexity index is 532. The van der Waals surface area contributed by atoms with E-state index in [0.29, 0.717) is 6.54 Å². The summed E-state index contributed by atoms with van der Waals surface area (Å²) in [6.45, 7) is 4.10. The summed E-state index contributed by atoms with van der Waals surface area (Å²) in [6.07, 6.45) is 1.83. The normalized spacial score (nSPS) is 24.6. The Morgan fingerprint density at radius 1 is 1.48 bits per heavy atom. The number of methoxy groups -OCH3 is 1. The first kappa shape index (κ1) is 14.2. The molecule has 2 heterocycles. The topological polar surface area (TPSA) is 50.8 Å². The van der Waals surface area contributed by atoms with Crippen molar-refractivity contribution in [2.75, 3.05) is 20.3 Å². The minimum atomic E-state index is 0.00539. The Balaban J connectivity index is 1.67. The molecule has 2 atom stereocenters. The number of hydrogen-bond acceptors (Lipinski definition) is 3. The van der Waals surface area contributed by atoms with Crippen LogP contribution in [0.4, 0.5) is 4.79 Å². The van der Waals surface area contributed by atoms with Gasteiger partial charge in [0.15, 0.2) is 0 Å². The first-order valence-corrected chi connectivity index (χ1v) is 7.51. The van der Waals surface area contributed by atoms with Crippen molar-refractivity contribution in [3.63, 3.8) is 0 Å². The van der Waals surface area contributed by atoms with Gasteiger partial charge in [0.05, 0.1) is 19.3 Å². The minimum absolute atomic E-state index is 0.00539. The molecule has 0 aliphatic carbocycles. The van der Waals surface area contributed by atoms with E-state index in [4.69, 9.17) is 9.47 Å². The Kier molecular flexibility index (Phi) is 4.01. The van der Waals surface area contributed by atoms with E-state index in [9.17, 15) is 4.79 Å². The number of hydrogen-bond donors (Lipinski definition) is 1. The second-order valence-corrected chi connectivity index (χ2v) is 5.69. The zero-order valence-corrected chi connectivity index (χ0v) is 12.6. The van der Waals surface area contributed by atoms with E-state index in [2.05, 4.69) is 11.4 Å². The summed E-state index contributed by atoms with van der Waals surface area (Å²) < 4.78 is 10.9. The molecule has 1 aromatic carbocycles.